The van der Waals surface area contributed by atoms with Crippen LogP contribution in [0.5, 0.6) is 0 Å². The van der Waals surface area contributed by atoms with Crippen molar-refractivity contribution in [3.63, 3.8) is 0 Å². The van der Waals surface area contributed by atoms with Crippen molar-refractivity contribution < 1.29 is 9.72 Å². The molecule has 0 aliphatic heterocycles. The Kier molecular flexibility index (Phi) is 4.90. The number of tetrazole rings is 1. The van der Waals surface area contributed by atoms with Crippen molar-refractivity contribution in [1.82, 2.24) is 20.2 Å². The summed E-state index contributed by atoms with van der Waals surface area (Å²) in [5, 5.41) is 28.7. The maximum atomic E-state index is 12.3. The van der Waals surface area contributed by atoms with Gasteiger partial charge >= 0.3 is 0 Å². The van der Waals surface area contributed by atoms with Gasteiger partial charge in [-0.15, -0.1) is 5.10 Å². The van der Waals surface area contributed by atoms with Crippen LogP contribution in [0, 0.1) is 17.0 Å². The molecule has 10 nitrogen and oxygen atoms in total. The quantitative estimate of drug-likeness (QED) is 0.466. The van der Waals surface area contributed by atoms with E-state index in [0.29, 0.717) is 23.1 Å². The molecule has 0 unspecified atom stereocenters. The summed E-state index contributed by atoms with van der Waals surface area (Å²) >= 11 is 0. The number of nitrogens with one attached hydrogen (secondary N) is 2. The molecule has 1 aromatic heterocycles. The lowest BCUT2D eigenvalue weighted by Gasteiger charge is -2.11. The largest absolute Gasteiger partial charge is 0.376 e. The van der Waals surface area contributed by atoms with Gasteiger partial charge in [0.1, 0.15) is 0 Å². The number of nitro groups is 1. The van der Waals surface area contributed by atoms with Gasteiger partial charge in [-0.1, -0.05) is 18.2 Å². The molecule has 1 heterocycles. The molecule has 1 aliphatic rings. The summed E-state index contributed by atoms with van der Waals surface area (Å²) in [7, 11) is 0. The van der Waals surface area contributed by atoms with Crippen LogP contribution in [-0.2, 0) is 4.79 Å². The first-order chi connectivity index (χ1) is 14.0. The molecule has 0 spiro atoms. The molecule has 2 aromatic carbocycles. The van der Waals surface area contributed by atoms with Gasteiger partial charge in [0.2, 0.25) is 5.91 Å². The van der Waals surface area contributed by atoms with Crippen LogP contribution in [0.3, 0.4) is 0 Å². The molecule has 1 aliphatic carbocycles. The van der Waals surface area contributed by atoms with Crippen molar-refractivity contribution >= 4 is 23.0 Å². The van der Waals surface area contributed by atoms with Crippen molar-refractivity contribution in [2.24, 2.45) is 0 Å². The number of rotatable bonds is 7. The van der Waals surface area contributed by atoms with Crippen molar-refractivity contribution in [3.05, 3.63) is 58.1 Å². The summed E-state index contributed by atoms with van der Waals surface area (Å²) in [4.78, 5) is 22.9. The highest BCUT2D eigenvalue weighted by atomic mass is 16.6. The van der Waals surface area contributed by atoms with E-state index in [9.17, 15) is 14.9 Å². The molecule has 1 saturated carbocycles. The molecule has 0 radical (unpaired) electrons. The molecule has 1 amide bonds. The number of anilines is 2. The number of hydrogen-bond acceptors (Lipinski definition) is 7. The maximum absolute atomic E-state index is 12.3. The molecule has 10 heteroatoms. The van der Waals surface area contributed by atoms with Crippen LogP contribution in [0.2, 0.25) is 0 Å². The van der Waals surface area contributed by atoms with Gasteiger partial charge in [-0.2, -0.15) is 0 Å². The Labute approximate surface area is 166 Å². The average Bonchev–Trinajstić information content (AvgIpc) is 3.44. The van der Waals surface area contributed by atoms with E-state index in [4.69, 9.17) is 0 Å². The molecule has 0 bridgehead atoms. The van der Waals surface area contributed by atoms with E-state index in [1.165, 1.54) is 6.07 Å². The summed E-state index contributed by atoms with van der Waals surface area (Å²) < 4.78 is 1.83. The zero-order chi connectivity index (χ0) is 20.4. The van der Waals surface area contributed by atoms with Gasteiger partial charge in [0, 0.05) is 17.3 Å². The average molecular weight is 393 g/mol. The molecule has 2 N–H and O–H groups in total. The zero-order valence-electron chi connectivity index (χ0n) is 15.7. The van der Waals surface area contributed by atoms with Gasteiger partial charge in [0.25, 0.3) is 5.69 Å². The minimum absolute atomic E-state index is 0.0130. The van der Waals surface area contributed by atoms with Crippen molar-refractivity contribution in [2.75, 3.05) is 17.2 Å². The van der Waals surface area contributed by atoms with E-state index >= 15 is 0 Å². The Balaban J connectivity index is 1.42. The van der Waals surface area contributed by atoms with Gasteiger partial charge < -0.3 is 10.6 Å². The molecule has 1 fully saturated rings. The fourth-order valence-corrected chi connectivity index (χ4v) is 3.05. The van der Waals surface area contributed by atoms with Crippen LogP contribution < -0.4 is 10.6 Å². The number of aromatic nitrogens is 4. The standard InChI is InChI=1S/C19H19N7O3/c1-12-16(6-3-7-17(12)26(28)29)21-18(27)11-20-14-5-2-4-13(10-14)19-22-23-24-25(19)15-8-9-15/h2-7,10,15,20H,8-9,11H2,1H3,(H,21,27). The highest BCUT2D eigenvalue weighted by Crippen LogP contribution is 2.36. The second kappa shape index (κ2) is 7.66. The minimum atomic E-state index is -0.468. The van der Waals surface area contributed by atoms with Crippen LogP contribution in [0.4, 0.5) is 17.1 Å². The van der Waals surface area contributed by atoms with Crippen LogP contribution >= 0.6 is 0 Å². The van der Waals surface area contributed by atoms with Crippen LogP contribution in [-0.4, -0.2) is 37.6 Å². The van der Waals surface area contributed by atoms with E-state index in [2.05, 4.69) is 26.2 Å². The summed E-state index contributed by atoms with van der Waals surface area (Å²) in [5.74, 6) is 0.398. The van der Waals surface area contributed by atoms with Crippen molar-refractivity contribution in [1.29, 1.82) is 0 Å². The molecule has 148 valence electrons. The first kappa shape index (κ1) is 18.5. The monoisotopic (exact) mass is 393 g/mol. The Morgan fingerprint density at radius 1 is 1.28 bits per heavy atom. The molecule has 29 heavy (non-hydrogen) atoms. The Morgan fingerprint density at radius 3 is 2.83 bits per heavy atom. The predicted octanol–water partition coefficient (Wildman–Crippen LogP) is 2.94. The fourth-order valence-electron chi connectivity index (χ4n) is 3.05. The SMILES string of the molecule is Cc1c(NC(=O)CNc2cccc(-c3nnnn3C3CC3)c2)cccc1[N+](=O)[O-]. The van der Waals surface area contributed by atoms with Crippen LogP contribution in [0.1, 0.15) is 24.4 Å². The predicted molar refractivity (Wildman–Crippen MR) is 106 cm³/mol. The molecule has 0 saturated heterocycles. The summed E-state index contributed by atoms with van der Waals surface area (Å²) in [6, 6.07) is 12.5. The topological polar surface area (TPSA) is 128 Å². The molecular weight excluding hydrogens is 374 g/mol. The van der Waals surface area contributed by atoms with E-state index in [1.54, 1.807) is 19.1 Å². The smallest absolute Gasteiger partial charge is 0.274 e. The van der Waals surface area contributed by atoms with Gasteiger partial charge in [-0.3, -0.25) is 14.9 Å². The number of amides is 1. The van der Waals surface area contributed by atoms with Gasteiger partial charge in [-0.05, 0) is 48.4 Å². The summed E-state index contributed by atoms with van der Waals surface area (Å²) in [5.41, 5.74) is 2.42. The first-order valence-corrected chi connectivity index (χ1v) is 9.19. The third-order valence-corrected chi connectivity index (χ3v) is 4.74. The first-order valence-electron chi connectivity index (χ1n) is 9.19. The third kappa shape index (κ3) is 4.05. The minimum Gasteiger partial charge on any atom is -0.376 e. The number of benzene rings is 2. The Bertz CT molecular complexity index is 1080. The lowest BCUT2D eigenvalue weighted by molar-refractivity contribution is -0.385. The van der Waals surface area contributed by atoms with E-state index in [1.807, 2.05) is 28.9 Å². The highest BCUT2D eigenvalue weighted by molar-refractivity contribution is 5.95. The number of carbonyl (C=O) groups excluding carboxylic acids is 1. The van der Waals surface area contributed by atoms with Gasteiger partial charge in [-0.25, -0.2) is 4.68 Å². The molecule has 4 rings (SSSR count). The summed E-state index contributed by atoms with van der Waals surface area (Å²) in [6.45, 7) is 1.62. The lowest BCUT2D eigenvalue weighted by Crippen LogP contribution is -2.22. The third-order valence-electron chi connectivity index (χ3n) is 4.74. The van der Waals surface area contributed by atoms with Crippen LogP contribution in [0.15, 0.2) is 42.5 Å². The molecular formula is C19H19N7O3. The lowest BCUT2D eigenvalue weighted by atomic mass is 10.1. The van der Waals surface area contributed by atoms with E-state index in [-0.39, 0.29) is 18.1 Å². The number of hydrogen-bond donors (Lipinski definition) is 2. The van der Waals surface area contributed by atoms with Gasteiger partial charge in [0.05, 0.1) is 28.8 Å². The number of nitrogens with zero attached hydrogens (tertiary/aromatic N) is 5. The fraction of sp³-hybridized carbons (Fsp3) is 0.263. The molecule has 3 aromatic rings. The van der Waals surface area contributed by atoms with Crippen molar-refractivity contribution in [3.8, 4) is 11.4 Å². The second-order valence-electron chi connectivity index (χ2n) is 6.87. The number of nitro benzene ring substituents is 1. The molecule has 0 atom stereocenters. The van der Waals surface area contributed by atoms with E-state index < -0.39 is 4.92 Å². The Hall–Kier alpha value is -3.82. The van der Waals surface area contributed by atoms with Crippen molar-refractivity contribution in [2.45, 2.75) is 25.8 Å². The maximum Gasteiger partial charge on any atom is 0.274 e. The summed E-state index contributed by atoms with van der Waals surface area (Å²) in [6.07, 6.45) is 2.15. The second-order valence-corrected chi connectivity index (χ2v) is 6.87. The van der Waals surface area contributed by atoms with Gasteiger partial charge in [0.15, 0.2) is 5.82 Å². The highest BCUT2D eigenvalue weighted by Gasteiger charge is 2.28. The zero-order valence-corrected chi connectivity index (χ0v) is 15.7. The van der Waals surface area contributed by atoms with Crippen LogP contribution in [0.25, 0.3) is 11.4 Å². The number of carbonyl (C=O) groups is 1. The normalized spacial score (nSPS) is 13.1. The Morgan fingerprint density at radius 2 is 2.07 bits per heavy atom. The van der Waals surface area contributed by atoms with E-state index in [0.717, 1.165) is 24.1 Å².